The van der Waals surface area contributed by atoms with Gasteiger partial charge in [-0.15, -0.1) is 5.10 Å². The zero-order chi connectivity index (χ0) is 20.8. The van der Waals surface area contributed by atoms with E-state index in [0.717, 1.165) is 22.6 Å². The number of nitrogens with one attached hydrogen (secondary N) is 1. The molecule has 150 valence electrons. The molecule has 0 aliphatic rings. The van der Waals surface area contributed by atoms with Crippen molar-refractivity contribution in [1.29, 1.82) is 0 Å². The topological polar surface area (TPSA) is 59.8 Å². The SMILES string of the molecule is O=C(CSc1nc(-c2ccccc2)n(-c2ccccc2)n1)NCc1ccc(Cl)cc1. The first kappa shape index (κ1) is 20.2. The minimum absolute atomic E-state index is 0.0766. The highest BCUT2D eigenvalue weighted by atomic mass is 35.5. The number of nitrogens with zero attached hydrogens (tertiary/aromatic N) is 3. The summed E-state index contributed by atoms with van der Waals surface area (Å²) in [5.74, 6) is 0.902. The highest BCUT2D eigenvalue weighted by molar-refractivity contribution is 7.99. The molecule has 4 rings (SSSR count). The third kappa shape index (κ3) is 5.09. The van der Waals surface area contributed by atoms with E-state index < -0.39 is 0 Å². The Bertz CT molecular complexity index is 1060. The molecule has 4 aromatic rings. The summed E-state index contributed by atoms with van der Waals surface area (Å²) >= 11 is 7.20. The van der Waals surface area contributed by atoms with Gasteiger partial charge in [-0.2, -0.15) is 0 Å². The fourth-order valence-electron chi connectivity index (χ4n) is 2.86. The van der Waals surface area contributed by atoms with Crippen LogP contribution in [0.25, 0.3) is 17.1 Å². The number of hydrogen-bond donors (Lipinski definition) is 1. The van der Waals surface area contributed by atoms with Gasteiger partial charge in [-0.3, -0.25) is 4.79 Å². The van der Waals surface area contributed by atoms with Gasteiger partial charge in [-0.05, 0) is 29.8 Å². The molecular formula is C23H19ClN4OS. The van der Waals surface area contributed by atoms with Crippen molar-refractivity contribution in [2.45, 2.75) is 11.7 Å². The summed E-state index contributed by atoms with van der Waals surface area (Å²) in [6.45, 7) is 0.456. The fraction of sp³-hybridized carbons (Fsp3) is 0.0870. The van der Waals surface area contributed by atoms with Gasteiger partial charge in [0.15, 0.2) is 5.82 Å². The van der Waals surface area contributed by atoms with Crippen molar-refractivity contribution in [1.82, 2.24) is 20.1 Å². The summed E-state index contributed by atoms with van der Waals surface area (Å²) in [4.78, 5) is 16.9. The first-order valence-electron chi connectivity index (χ1n) is 9.41. The Morgan fingerprint density at radius 1 is 0.933 bits per heavy atom. The molecule has 0 unspecified atom stereocenters. The van der Waals surface area contributed by atoms with Crippen LogP contribution in [0, 0.1) is 0 Å². The van der Waals surface area contributed by atoms with Gasteiger partial charge >= 0.3 is 0 Å². The van der Waals surface area contributed by atoms with Gasteiger partial charge in [0.1, 0.15) is 0 Å². The molecule has 0 spiro atoms. The van der Waals surface area contributed by atoms with Crippen molar-refractivity contribution in [3.63, 3.8) is 0 Å². The average Bonchev–Trinajstić information content (AvgIpc) is 3.23. The van der Waals surface area contributed by atoms with Crippen LogP contribution >= 0.6 is 23.4 Å². The van der Waals surface area contributed by atoms with E-state index in [0.29, 0.717) is 16.7 Å². The molecular weight excluding hydrogens is 416 g/mol. The first-order valence-corrected chi connectivity index (χ1v) is 10.8. The molecule has 7 heteroatoms. The van der Waals surface area contributed by atoms with Gasteiger partial charge in [0.25, 0.3) is 0 Å². The number of thioether (sulfide) groups is 1. The van der Waals surface area contributed by atoms with Crippen molar-refractivity contribution in [2.75, 3.05) is 5.75 Å². The maximum atomic E-state index is 12.3. The number of para-hydroxylation sites is 1. The maximum absolute atomic E-state index is 12.3. The predicted molar refractivity (Wildman–Crippen MR) is 121 cm³/mol. The molecule has 0 radical (unpaired) electrons. The minimum atomic E-state index is -0.0766. The molecule has 1 aromatic heterocycles. The summed E-state index contributed by atoms with van der Waals surface area (Å²) in [6.07, 6.45) is 0. The van der Waals surface area contributed by atoms with Crippen LogP contribution in [0.2, 0.25) is 5.02 Å². The summed E-state index contributed by atoms with van der Waals surface area (Å²) < 4.78 is 1.81. The number of carbonyl (C=O) groups is 1. The van der Waals surface area contributed by atoms with Crippen molar-refractivity contribution in [3.8, 4) is 17.1 Å². The summed E-state index contributed by atoms with van der Waals surface area (Å²) in [7, 11) is 0. The molecule has 1 heterocycles. The zero-order valence-corrected chi connectivity index (χ0v) is 17.6. The first-order chi connectivity index (χ1) is 14.7. The molecule has 30 heavy (non-hydrogen) atoms. The molecule has 0 saturated carbocycles. The number of amides is 1. The highest BCUT2D eigenvalue weighted by Gasteiger charge is 2.15. The number of benzene rings is 3. The quantitative estimate of drug-likeness (QED) is 0.416. The lowest BCUT2D eigenvalue weighted by atomic mass is 10.2. The third-order valence-electron chi connectivity index (χ3n) is 4.36. The van der Waals surface area contributed by atoms with E-state index in [2.05, 4.69) is 15.4 Å². The van der Waals surface area contributed by atoms with E-state index in [9.17, 15) is 4.79 Å². The van der Waals surface area contributed by atoms with Crippen LogP contribution < -0.4 is 5.32 Å². The standard InChI is InChI=1S/C23H19ClN4OS/c24-19-13-11-17(12-14-19)15-25-21(29)16-30-23-26-22(18-7-3-1-4-8-18)28(27-23)20-9-5-2-6-10-20/h1-14H,15-16H2,(H,25,29). The van der Waals surface area contributed by atoms with Gasteiger partial charge in [0.2, 0.25) is 11.1 Å². The highest BCUT2D eigenvalue weighted by Crippen LogP contribution is 2.24. The van der Waals surface area contributed by atoms with E-state index in [4.69, 9.17) is 11.6 Å². The number of hydrogen-bond acceptors (Lipinski definition) is 4. The van der Waals surface area contributed by atoms with E-state index in [1.165, 1.54) is 11.8 Å². The van der Waals surface area contributed by atoms with Gasteiger partial charge in [0, 0.05) is 17.1 Å². The van der Waals surface area contributed by atoms with Crippen molar-refractivity contribution in [3.05, 3.63) is 95.5 Å². The van der Waals surface area contributed by atoms with E-state index in [-0.39, 0.29) is 11.7 Å². The molecule has 0 fully saturated rings. The van der Waals surface area contributed by atoms with Gasteiger partial charge in [-0.25, -0.2) is 9.67 Å². The molecule has 0 bridgehead atoms. The summed E-state index contributed by atoms with van der Waals surface area (Å²) in [5, 5.41) is 8.77. The lowest BCUT2D eigenvalue weighted by molar-refractivity contribution is -0.118. The number of halogens is 1. The van der Waals surface area contributed by atoms with E-state index in [1.807, 2.05) is 89.6 Å². The van der Waals surface area contributed by atoms with Gasteiger partial charge in [-0.1, -0.05) is 84.0 Å². The second-order valence-electron chi connectivity index (χ2n) is 6.52. The van der Waals surface area contributed by atoms with E-state index >= 15 is 0 Å². The molecule has 3 aromatic carbocycles. The number of carbonyl (C=O) groups excluding carboxylic acids is 1. The summed E-state index contributed by atoms with van der Waals surface area (Å²) in [5.41, 5.74) is 2.88. The monoisotopic (exact) mass is 434 g/mol. The molecule has 5 nitrogen and oxygen atoms in total. The number of aromatic nitrogens is 3. The zero-order valence-electron chi connectivity index (χ0n) is 16.0. The Balaban J connectivity index is 1.46. The van der Waals surface area contributed by atoms with Crippen LogP contribution in [0.5, 0.6) is 0 Å². The smallest absolute Gasteiger partial charge is 0.230 e. The average molecular weight is 435 g/mol. The Morgan fingerprint density at radius 2 is 1.60 bits per heavy atom. The molecule has 0 saturated heterocycles. The summed E-state index contributed by atoms with van der Waals surface area (Å²) in [6, 6.07) is 27.1. The predicted octanol–water partition coefficient (Wildman–Crippen LogP) is 5.00. The van der Waals surface area contributed by atoms with Crippen LogP contribution in [-0.2, 0) is 11.3 Å². The molecule has 0 aliphatic heterocycles. The van der Waals surface area contributed by atoms with Gasteiger partial charge < -0.3 is 5.32 Å². The van der Waals surface area contributed by atoms with E-state index in [1.54, 1.807) is 0 Å². The van der Waals surface area contributed by atoms with Crippen molar-refractivity contribution in [2.24, 2.45) is 0 Å². The molecule has 1 amide bonds. The largest absolute Gasteiger partial charge is 0.351 e. The second kappa shape index (κ2) is 9.61. The molecule has 1 N–H and O–H groups in total. The Morgan fingerprint density at radius 3 is 2.30 bits per heavy atom. The lowest BCUT2D eigenvalue weighted by Crippen LogP contribution is -2.24. The van der Waals surface area contributed by atoms with Crippen LogP contribution in [0.15, 0.2) is 90.1 Å². The normalized spacial score (nSPS) is 10.7. The number of rotatable bonds is 7. The van der Waals surface area contributed by atoms with Gasteiger partial charge in [0.05, 0.1) is 11.4 Å². The van der Waals surface area contributed by atoms with Crippen LogP contribution in [0.4, 0.5) is 0 Å². The van der Waals surface area contributed by atoms with Crippen LogP contribution in [0.3, 0.4) is 0 Å². The minimum Gasteiger partial charge on any atom is -0.351 e. The van der Waals surface area contributed by atoms with Crippen LogP contribution in [0.1, 0.15) is 5.56 Å². The lowest BCUT2D eigenvalue weighted by Gasteiger charge is -2.05. The third-order valence-corrected chi connectivity index (χ3v) is 5.45. The fourth-order valence-corrected chi connectivity index (χ4v) is 3.64. The Labute approximate surface area is 184 Å². The Hall–Kier alpha value is -3.09. The molecule has 0 aliphatic carbocycles. The molecule has 0 atom stereocenters. The maximum Gasteiger partial charge on any atom is 0.230 e. The van der Waals surface area contributed by atoms with Crippen molar-refractivity contribution < 1.29 is 4.79 Å². The van der Waals surface area contributed by atoms with Crippen molar-refractivity contribution >= 4 is 29.3 Å². The second-order valence-corrected chi connectivity index (χ2v) is 7.90. The van der Waals surface area contributed by atoms with Crippen LogP contribution in [-0.4, -0.2) is 26.4 Å². The Kier molecular flexibility index (Phi) is 6.47.